The zero-order chi connectivity index (χ0) is 13.2. The van der Waals surface area contributed by atoms with Gasteiger partial charge in [-0.15, -0.1) is 0 Å². The third-order valence-electron chi connectivity index (χ3n) is 2.68. The monoisotopic (exact) mass is 252 g/mol. The highest BCUT2D eigenvalue weighted by molar-refractivity contribution is 5.60. The van der Waals surface area contributed by atoms with Crippen LogP contribution in [0.4, 0.5) is 11.9 Å². The van der Waals surface area contributed by atoms with Gasteiger partial charge in [-0.3, -0.25) is 0 Å². The van der Waals surface area contributed by atoms with Crippen LogP contribution in [0, 0.1) is 0 Å². The lowest BCUT2D eigenvalue weighted by Crippen LogP contribution is -2.04. The van der Waals surface area contributed by atoms with Gasteiger partial charge >= 0.3 is 0 Å². The lowest BCUT2D eigenvalue weighted by molar-refractivity contribution is 1.07. The van der Waals surface area contributed by atoms with Gasteiger partial charge in [0.05, 0.1) is 0 Å². The Labute approximate surface area is 109 Å². The van der Waals surface area contributed by atoms with Crippen molar-refractivity contribution in [1.29, 1.82) is 0 Å². The Morgan fingerprint density at radius 2 is 1.53 bits per heavy atom. The number of hydrogen-bond donors (Lipinski definition) is 2. The zero-order valence-electron chi connectivity index (χ0n) is 10.1. The number of nitrogens with zero attached hydrogens (tertiary/aromatic N) is 4. The Morgan fingerprint density at radius 1 is 0.842 bits per heavy atom. The Morgan fingerprint density at radius 3 is 2.21 bits per heavy atom. The van der Waals surface area contributed by atoms with Crippen LogP contribution in [0.3, 0.4) is 0 Å². The maximum atomic E-state index is 5.58. The van der Waals surface area contributed by atoms with Crippen molar-refractivity contribution in [3.63, 3.8) is 0 Å². The number of hydrogen-bond acceptors (Lipinski definition) is 5. The number of rotatable bonds is 2. The molecule has 0 saturated heterocycles. The van der Waals surface area contributed by atoms with Gasteiger partial charge in [-0.2, -0.15) is 15.0 Å². The van der Waals surface area contributed by atoms with Crippen LogP contribution in [0.1, 0.15) is 0 Å². The summed E-state index contributed by atoms with van der Waals surface area (Å²) in [5.74, 6) is 0.710. The molecule has 0 amide bonds. The number of anilines is 2. The summed E-state index contributed by atoms with van der Waals surface area (Å²) in [5.41, 5.74) is 13.0. The third kappa shape index (κ3) is 2.23. The van der Waals surface area contributed by atoms with E-state index >= 15 is 0 Å². The van der Waals surface area contributed by atoms with Gasteiger partial charge in [0.1, 0.15) is 0 Å². The molecule has 0 unspecified atom stereocenters. The largest absolute Gasteiger partial charge is 0.368 e. The van der Waals surface area contributed by atoms with Crippen molar-refractivity contribution < 1.29 is 0 Å². The molecule has 6 heteroatoms. The Hall–Kier alpha value is -2.89. The van der Waals surface area contributed by atoms with E-state index in [0.717, 1.165) is 11.3 Å². The Bertz CT molecular complexity index is 685. The molecule has 3 aromatic rings. The molecule has 0 aliphatic heterocycles. The van der Waals surface area contributed by atoms with E-state index in [-0.39, 0.29) is 11.9 Å². The van der Waals surface area contributed by atoms with Crippen molar-refractivity contribution in [3.05, 3.63) is 48.8 Å². The first-order valence-electron chi connectivity index (χ1n) is 5.73. The second-order valence-electron chi connectivity index (χ2n) is 4.02. The predicted octanol–water partition coefficient (Wildman–Crippen LogP) is 1.49. The maximum Gasteiger partial charge on any atom is 0.225 e. The molecule has 0 fully saturated rings. The minimum atomic E-state index is 0.119. The van der Waals surface area contributed by atoms with Gasteiger partial charge in [-0.1, -0.05) is 12.1 Å². The zero-order valence-corrected chi connectivity index (χ0v) is 10.1. The minimum absolute atomic E-state index is 0.119. The van der Waals surface area contributed by atoms with Crippen molar-refractivity contribution in [2.24, 2.45) is 0 Å². The highest BCUT2D eigenvalue weighted by Crippen LogP contribution is 2.19. The van der Waals surface area contributed by atoms with Gasteiger partial charge in [0.25, 0.3) is 0 Å². The van der Waals surface area contributed by atoms with Crippen LogP contribution in [-0.2, 0) is 0 Å². The van der Waals surface area contributed by atoms with Gasteiger partial charge in [0.2, 0.25) is 11.9 Å². The van der Waals surface area contributed by atoms with E-state index in [1.54, 1.807) is 0 Å². The van der Waals surface area contributed by atoms with E-state index in [1.807, 2.05) is 53.4 Å². The van der Waals surface area contributed by atoms with E-state index in [2.05, 4.69) is 15.0 Å². The van der Waals surface area contributed by atoms with Crippen LogP contribution in [0.5, 0.6) is 0 Å². The second-order valence-corrected chi connectivity index (χ2v) is 4.02. The maximum absolute atomic E-state index is 5.58. The fourth-order valence-corrected chi connectivity index (χ4v) is 1.85. The number of nitrogen functional groups attached to an aromatic ring is 2. The molecule has 0 aliphatic carbocycles. The molecule has 0 bridgehead atoms. The summed E-state index contributed by atoms with van der Waals surface area (Å²) >= 11 is 0. The lowest BCUT2D eigenvalue weighted by Gasteiger charge is -2.06. The predicted molar refractivity (Wildman–Crippen MR) is 73.4 cm³/mol. The first kappa shape index (κ1) is 11.2. The van der Waals surface area contributed by atoms with Gasteiger partial charge in [0, 0.05) is 23.6 Å². The summed E-state index contributed by atoms with van der Waals surface area (Å²) in [4.78, 5) is 11.9. The standard InChI is InChI=1S/C13H12N6/c14-12-16-11(17-13(15)18-12)9-4-3-5-10(8-9)19-6-1-2-7-19/h1-8H,(H4,14,15,16,17,18). The van der Waals surface area contributed by atoms with Crippen LogP contribution in [0.2, 0.25) is 0 Å². The van der Waals surface area contributed by atoms with Crippen molar-refractivity contribution >= 4 is 11.9 Å². The highest BCUT2D eigenvalue weighted by Gasteiger charge is 2.06. The Balaban J connectivity index is 2.08. The van der Waals surface area contributed by atoms with E-state index in [1.165, 1.54) is 0 Å². The second kappa shape index (κ2) is 4.41. The fraction of sp³-hybridized carbons (Fsp3) is 0. The molecular formula is C13H12N6. The molecule has 0 saturated carbocycles. The molecular weight excluding hydrogens is 240 g/mol. The average Bonchev–Trinajstić information content (AvgIpc) is 2.92. The van der Waals surface area contributed by atoms with Crippen LogP contribution in [0.15, 0.2) is 48.8 Å². The van der Waals surface area contributed by atoms with E-state index < -0.39 is 0 Å². The van der Waals surface area contributed by atoms with Gasteiger partial charge < -0.3 is 16.0 Å². The Kier molecular flexibility index (Phi) is 2.60. The van der Waals surface area contributed by atoms with E-state index in [9.17, 15) is 0 Å². The molecule has 0 aliphatic rings. The molecule has 0 spiro atoms. The molecule has 0 radical (unpaired) electrons. The van der Waals surface area contributed by atoms with E-state index in [4.69, 9.17) is 11.5 Å². The smallest absolute Gasteiger partial charge is 0.225 e. The van der Waals surface area contributed by atoms with Crippen molar-refractivity contribution in [2.45, 2.75) is 0 Å². The lowest BCUT2D eigenvalue weighted by atomic mass is 10.2. The molecule has 0 atom stereocenters. The molecule has 4 N–H and O–H groups in total. The van der Waals surface area contributed by atoms with Crippen molar-refractivity contribution in [2.75, 3.05) is 11.5 Å². The van der Waals surface area contributed by atoms with Gasteiger partial charge in [-0.05, 0) is 24.3 Å². The normalized spacial score (nSPS) is 10.5. The van der Waals surface area contributed by atoms with Crippen LogP contribution in [-0.4, -0.2) is 19.5 Å². The molecule has 2 heterocycles. The minimum Gasteiger partial charge on any atom is -0.368 e. The van der Waals surface area contributed by atoms with Crippen LogP contribution >= 0.6 is 0 Å². The van der Waals surface area contributed by atoms with Gasteiger partial charge in [-0.25, -0.2) is 0 Å². The number of benzene rings is 1. The molecule has 94 valence electrons. The molecule has 3 rings (SSSR count). The average molecular weight is 252 g/mol. The quantitative estimate of drug-likeness (QED) is 0.720. The topological polar surface area (TPSA) is 95.6 Å². The van der Waals surface area contributed by atoms with Crippen molar-refractivity contribution in [3.8, 4) is 17.1 Å². The molecule has 1 aromatic carbocycles. The van der Waals surface area contributed by atoms with Crippen LogP contribution in [0.25, 0.3) is 17.1 Å². The fourth-order valence-electron chi connectivity index (χ4n) is 1.85. The molecule has 2 aromatic heterocycles. The van der Waals surface area contributed by atoms with Gasteiger partial charge in [0.15, 0.2) is 5.82 Å². The first-order chi connectivity index (χ1) is 9.22. The SMILES string of the molecule is Nc1nc(N)nc(-c2cccc(-n3cccc3)c2)n1. The molecule has 6 nitrogen and oxygen atoms in total. The summed E-state index contributed by atoms with van der Waals surface area (Å²) in [6.07, 6.45) is 3.94. The molecule has 19 heavy (non-hydrogen) atoms. The summed E-state index contributed by atoms with van der Waals surface area (Å²) in [7, 11) is 0. The number of aromatic nitrogens is 4. The summed E-state index contributed by atoms with van der Waals surface area (Å²) in [6, 6.07) is 11.7. The highest BCUT2D eigenvalue weighted by atomic mass is 15.1. The first-order valence-corrected chi connectivity index (χ1v) is 5.73. The van der Waals surface area contributed by atoms with Crippen molar-refractivity contribution in [1.82, 2.24) is 19.5 Å². The summed E-state index contributed by atoms with van der Waals surface area (Å²) in [6.45, 7) is 0. The number of nitrogens with two attached hydrogens (primary N) is 2. The summed E-state index contributed by atoms with van der Waals surface area (Å²) in [5, 5.41) is 0. The van der Waals surface area contributed by atoms with E-state index in [0.29, 0.717) is 5.82 Å². The summed E-state index contributed by atoms with van der Waals surface area (Å²) < 4.78 is 2.00. The third-order valence-corrected chi connectivity index (χ3v) is 2.68. The van der Waals surface area contributed by atoms with Crippen LogP contribution < -0.4 is 11.5 Å².